The lowest BCUT2D eigenvalue weighted by molar-refractivity contribution is 0.0958. The molecule has 0 aliphatic carbocycles. The summed E-state index contributed by atoms with van der Waals surface area (Å²) >= 11 is 12.0. The monoisotopic (exact) mass is 277 g/mol. The highest BCUT2D eigenvalue weighted by atomic mass is 35.5. The van der Waals surface area contributed by atoms with Gasteiger partial charge in [-0.25, -0.2) is 0 Å². The predicted molar refractivity (Wildman–Crippen MR) is 70.6 cm³/mol. The topological polar surface area (TPSA) is 52.5 Å². The fourth-order valence-electron chi connectivity index (χ4n) is 1.60. The Kier molecular flexibility index (Phi) is 5.22. The van der Waals surface area contributed by atoms with Crippen LogP contribution >= 0.6 is 23.2 Å². The van der Waals surface area contributed by atoms with Crippen molar-refractivity contribution in [3.05, 3.63) is 33.8 Å². The van der Waals surface area contributed by atoms with Crippen LogP contribution in [0.25, 0.3) is 0 Å². The molecule has 1 atom stereocenters. The van der Waals surface area contributed by atoms with Crippen molar-refractivity contribution in [3.63, 3.8) is 0 Å². The first-order valence-corrected chi connectivity index (χ1v) is 6.12. The Morgan fingerprint density at radius 3 is 2.41 bits per heavy atom. The average molecular weight is 278 g/mol. The highest BCUT2D eigenvalue weighted by Crippen LogP contribution is 2.30. The molecule has 0 aliphatic rings. The molecule has 96 valence electrons. The third kappa shape index (κ3) is 3.57. The first-order valence-electron chi connectivity index (χ1n) is 5.37. The van der Waals surface area contributed by atoms with E-state index in [0.29, 0.717) is 10.0 Å². The van der Waals surface area contributed by atoms with Gasteiger partial charge in [0.05, 0.1) is 28.8 Å². The second kappa shape index (κ2) is 6.03. The fraction of sp³-hybridized carbons (Fsp3) is 0.500. The van der Waals surface area contributed by atoms with Crippen LogP contribution in [-0.2, 0) is 0 Å². The Morgan fingerprint density at radius 1 is 1.29 bits per heavy atom. The van der Waals surface area contributed by atoms with Crippen molar-refractivity contribution in [2.24, 2.45) is 0 Å². The quantitative estimate of drug-likeness (QED) is 0.775. The van der Waals surface area contributed by atoms with E-state index in [0.717, 1.165) is 5.56 Å². The van der Waals surface area contributed by atoms with E-state index < -0.39 is 5.54 Å². The van der Waals surface area contributed by atoms with Gasteiger partial charge < -0.3 is 15.5 Å². The summed E-state index contributed by atoms with van der Waals surface area (Å²) in [5.41, 5.74) is 0.0951. The molecule has 0 radical (unpaired) electrons. The summed E-state index contributed by atoms with van der Waals surface area (Å²) in [5.74, 6) is 0. The van der Waals surface area contributed by atoms with Gasteiger partial charge in [0.1, 0.15) is 0 Å². The largest absolute Gasteiger partial charge is 0.394 e. The van der Waals surface area contributed by atoms with Gasteiger partial charge in [-0.05, 0) is 25.5 Å². The second-order valence-electron chi connectivity index (χ2n) is 4.39. The Bertz CT molecular complexity index is 381. The summed E-state index contributed by atoms with van der Waals surface area (Å²) in [6, 6.07) is 5.28. The summed E-state index contributed by atoms with van der Waals surface area (Å²) in [5, 5.41) is 22.6. The molecule has 0 fully saturated rings. The van der Waals surface area contributed by atoms with Crippen LogP contribution in [0.3, 0.4) is 0 Å². The molecule has 0 aromatic heterocycles. The third-order valence-corrected chi connectivity index (χ3v) is 3.54. The van der Waals surface area contributed by atoms with Crippen molar-refractivity contribution in [2.75, 3.05) is 13.2 Å². The number of nitrogens with one attached hydrogen (secondary N) is 1. The van der Waals surface area contributed by atoms with Gasteiger partial charge in [0.15, 0.2) is 0 Å². The van der Waals surface area contributed by atoms with Gasteiger partial charge >= 0.3 is 0 Å². The van der Waals surface area contributed by atoms with Crippen molar-refractivity contribution in [3.8, 4) is 0 Å². The van der Waals surface area contributed by atoms with E-state index in [2.05, 4.69) is 5.32 Å². The summed E-state index contributed by atoms with van der Waals surface area (Å²) in [4.78, 5) is 0. The molecule has 17 heavy (non-hydrogen) atoms. The minimum absolute atomic E-state index is 0.120. The number of aliphatic hydroxyl groups is 2. The maximum Gasteiger partial charge on any atom is 0.0639 e. The number of halogens is 2. The Morgan fingerprint density at radius 2 is 1.88 bits per heavy atom. The molecule has 0 saturated carbocycles. The molecular formula is C12H17Cl2NO2. The molecule has 1 unspecified atom stereocenters. The average Bonchev–Trinajstić information content (AvgIpc) is 2.32. The fourth-order valence-corrected chi connectivity index (χ4v) is 2.07. The summed E-state index contributed by atoms with van der Waals surface area (Å²) in [6.45, 7) is 3.32. The number of rotatable bonds is 5. The van der Waals surface area contributed by atoms with E-state index in [9.17, 15) is 10.2 Å². The third-order valence-electron chi connectivity index (χ3n) is 2.71. The minimum atomic E-state index is -0.745. The SMILES string of the molecule is CC(NC(C)(CO)CO)c1cccc(Cl)c1Cl. The molecular weight excluding hydrogens is 261 g/mol. The van der Waals surface area contributed by atoms with Crippen LogP contribution in [0.2, 0.25) is 10.0 Å². The van der Waals surface area contributed by atoms with Crippen LogP contribution in [0.5, 0.6) is 0 Å². The van der Waals surface area contributed by atoms with Crippen LogP contribution in [0.1, 0.15) is 25.5 Å². The van der Waals surface area contributed by atoms with E-state index in [1.807, 2.05) is 19.1 Å². The standard InChI is InChI=1S/C12H17Cl2NO2/c1-8(15-12(2,6-16)7-17)9-4-3-5-10(13)11(9)14/h3-5,8,15-17H,6-7H2,1-2H3. The Labute approximate surface area is 111 Å². The van der Waals surface area contributed by atoms with E-state index in [1.165, 1.54) is 0 Å². The molecule has 3 N–H and O–H groups in total. The Hall–Kier alpha value is -0.320. The molecule has 0 bridgehead atoms. The second-order valence-corrected chi connectivity index (χ2v) is 5.17. The lowest BCUT2D eigenvalue weighted by atomic mass is 10.0. The van der Waals surface area contributed by atoms with E-state index in [1.54, 1.807) is 13.0 Å². The maximum absolute atomic E-state index is 9.22. The molecule has 1 rings (SSSR count). The van der Waals surface area contributed by atoms with E-state index in [4.69, 9.17) is 23.2 Å². The zero-order valence-corrected chi connectivity index (χ0v) is 11.4. The Balaban J connectivity index is 2.90. The van der Waals surface area contributed by atoms with Crippen molar-refractivity contribution in [1.82, 2.24) is 5.32 Å². The highest BCUT2D eigenvalue weighted by Gasteiger charge is 2.25. The number of hydrogen-bond acceptors (Lipinski definition) is 3. The summed E-state index contributed by atoms with van der Waals surface area (Å²) in [6.07, 6.45) is 0. The summed E-state index contributed by atoms with van der Waals surface area (Å²) in [7, 11) is 0. The van der Waals surface area contributed by atoms with Crippen LogP contribution in [0.4, 0.5) is 0 Å². The molecule has 0 amide bonds. The first-order chi connectivity index (χ1) is 7.93. The van der Waals surface area contributed by atoms with Crippen molar-refractivity contribution >= 4 is 23.2 Å². The molecule has 0 saturated heterocycles. The van der Waals surface area contributed by atoms with Gasteiger partial charge in [0.25, 0.3) is 0 Å². The number of hydrogen-bond donors (Lipinski definition) is 3. The van der Waals surface area contributed by atoms with Gasteiger partial charge in [0, 0.05) is 6.04 Å². The van der Waals surface area contributed by atoms with Crippen LogP contribution in [-0.4, -0.2) is 29.0 Å². The predicted octanol–water partition coefficient (Wildman–Crippen LogP) is 2.39. The highest BCUT2D eigenvalue weighted by molar-refractivity contribution is 6.42. The molecule has 1 aromatic rings. The number of benzene rings is 1. The minimum Gasteiger partial charge on any atom is -0.394 e. The van der Waals surface area contributed by atoms with Gasteiger partial charge in [-0.15, -0.1) is 0 Å². The van der Waals surface area contributed by atoms with Crippen LogP contribution < -0.4 is 5.32 Å². The zero-order chi connectivity index (χ0) is 13.1. The number of aliphatic hydroxyl groups excluding tert-OH is 2. The van der Waals surface area contributed by atoms with E-state index >= 15 is 0 Å². The maximum atomic E-state index is 9.22. The molecule has 0 aliphatic heterocycles. The van der Waals surface area contributed by atoms with Crippen molar-refractivity contribution in [1.29, 1.82) is 0 Å². The molecule has 0 spiro atoms. The van der Waals surface area contributed by atoms with Gasteiger partial charge in [0.2, 0.25) is 0 Å². The van der Waals surface area contributed by atoms with Crippen LogP contribution in [0.15, 0.2) is 18.2 Å². The lowest BCUT2D eigenvalue weighted by Crippen LogP contribution is -2.49. The van der Waals surface area contributed by atoms with Crippen molar-refractivity contribution < 1.29 is 10.2 Å². The molecule has 1 aromatic carbocycles. The summed E-state index contributed by atoms with van der Waals surface area (Å²) < 4.78 is 0. The van der Waals surface area contributed by atoms with E-state index in [-0.39, 0.29) is 19.3 Å². The van der Waals surface area contributed by atoms with Gasteiger partial charge in [-0.1, -0.05) is 35.3 Å². The smallest absolute Gasteiger partial charge is 0.0639 e. The van der Waals surface area contributed by atoms with Gasteiger partial charge in [-0.2, -0.15) is 0 Å². The lowest BCUT2D eigenvalue weighted by Gasteiger charge is -2.31. The molecule has 5 heteroatoms. The molecule has 3 nitrogen and oxygen atoms in total. The first kappa shape index (κ1) is 14.7. The normalized spacial score (nSPS) is 13.8. The van der Waals surface area contributed by atoms with Crippen molar-refractivity contribution in [2.45, 2.75) is 25.4 Å². The van der Waals surface area contributed by atoms with Gasteiger partial charge in [-0.3, -0.25) is 0 Å². The zero-order valence-electron chi connectivity index (χ0n) is 9.87. The van der Waals surface area contributed by atoms with Crippen LogP contribution in [0, 0.1) is 0 Å². The molecule has 0 heterocycles.